The van der Waals surface area contributed by atoms with Gasteiger partial charge in [0.2, 0.25) is 5.88 Å². The molecule has 4 fully saturated rings. The van der Waals surface area contributed by atoms with Gasteiger partial charge in [0.05, 0.1) is 37.2 Å². The number of nitrogens with zero attached hydrogens (tertiary/aromatic N) is 7. The summed E-state index contributed by atoms with van der Waals surface area (Å²) in [5.41, 5.74) is 4.29. The first-order valence-corrected chi connectivity index (χ1v) is 16.5. The summed E-state index contributed by atoms with van der Waals surface area (Å²) in [6.07, 6.45) is 11.6. The molecule has 0 spiro atoms. The lowest BCUT2D eigenvalue weighted by atomic mass is 9.87. The first-order chi connectivity index (χ1) is 21.1. The normalized spacial score (nSPS) is 23.5. The predicted molar refractivity (Wildman–Crippen MR) is 166 cm³/mol. The van der Waals surface area contributed by atoms with Gasteiger partial charge in [-0.3, -0.25) is 4.90 Å². The van der Waals surface area contributed by atoms with E-state index in [1.165, 1.54) is 12.0 Å². The van der Waals surface area contributed by atoms with Crippen LogP contribution in [0.25, 0.3) is 16.6 Å². The Kier molecular flexibility index (Phi) is 7.82. The molecule has 4 aliphatic rings. The van der Waals surface area contributed by atoms with E-state index in [1.54, 1.807) is 17.8 Å². The number of pyridine rings is 3. The van der Waals surface area contributed by atoms with Crippen molar-refractivity contribution in [3.05, 3.63) is 66.2 Å². The summed E-state index contributed by atoms with van der Waals surface area (Å²) >= 11 is -0.401. The third kappa shape index (κ3) is 5.75. The lowest BCUT2D eigenvalue weighted by Crippen LogP contribution is -2.68. The van der Waals surface area contributed by atoms with Crippen LogP contribution in [0.4, 0.5) is 5.82 Å². The lowest BCUT2D eigenvalue weighted by Gasteiger charge is -2.56. The van der Waals surface area contributed by atoms with Gasteiger partial charge in [-0.1, -0.05) is 6.07 Å². The van der Waals surface area contributed by atoms with E-state index in [0.717, 1.165) is 78.6 Å². The van der Waals surface area contributed by atoms with Gasteiger partial charge in [-0.15, -0.1) is 0 Å². The van der Waals surface area contributed by atoms with Gasteiger partial charge in [0.1, 0.15) is 40.3 Å². The van der Waals surface area contributed by atoms with Crippen molar-refractivity contribution in [2.24, 2.45) is 5.92 Å². The minimum Gasteiger partial charge on any atom is -0.492 e. The molecule has 0 aliphatic carbocycles. The minimum absolute atomic E-state index is 0.401. The Hall–Kier alpha value is -3.85. The molecule has 43 heavy (non-hydrogen) atoms. The van der Waals surface area contributed by atoms with Crippen LogP contribution in [0.15, 0.2) is 55.1 Å². The van der Waals surface area contributed by atoms with Crippen molar-refractivity contribution in [1.82, 2.24) is 24.5 Å². The molecular formula is C32H36N7O3S+. The molecule has 0 aromatic carbocycles. The van der Waals surface area contributed by atoms with Crippen LogP contribution in [0.5, 0.6) is 11.6 Å². The Morgan fingerprint density at radius 1 is 1.07 bits per heavy atom. The number of methoxy groups -OCH3 is 1. The van der Waals surface area contributed by atoms with Gasteiger partial charge in [0, 0.05) is 61.3 Å². The van der Waals surface area contributed by atoms with Crippen LogP contribution in [-0.4, -0.2) is 79.4 Å². The summed E-state index contributed by atoms with van der Waals surface area (Å²) < 4.78 is 22.9. The molecule has 2 atom stereocenters. The van der Waals surface area contributed by atoms with Crippen molar-refractivity contribution in [1.29, 1.82) is 5.26 Å². The molecule has 2 unspecified atom stereocenters. The maximum absolute atomic E-state index is 9.82. The summed E-state index contributed by atoms with van der Waals surface area (Å²) in [5, 5.41) is 14.2. The maximum Gasteiger partial charge on any atom is 0.212 e. The van der Waals surface area contributed by atoms with Gasteiger partial charge in [0.25, 0.3) is 0 Å². The van der Waals surface area contributed by atoms with Gasteiger partial charge in [-0.05, 0) is 55.4 Å². The van der Waals surface area contributed by atoms with Gasteiger partial charge in [-0.25, -0.2) is 14.5 Å². The third-order valence-corrected chi connectivity index (χ3v) is 10.5. The summed E-state index contributed by atoms with van der Waals surface area (Å²) in [6.45, 7) is 3.41. The summed E-state index contributed by atoms with van der Waals surface area (Å²) in [5.74, 6) is 4.75. The predicted octanol–water partition coefficient (Wildman–Crippen LogP) is 4.40. The Balaban J connectivity index is 1.04. The molecule has 4 saturated heterocycles. The number of nitriles is 1. The summed E-state index contributed by atoms with van der Waals surface area (Å²) in [4.78, 5) is 14.2. The van der Waals surface area contributed by atoms with Crippen LogP contribution in [-0.2, 0) is 17.7 Å². The first kappa shape index (κ1) is 28.0. The number of anilines is 1. The molecule has 2 bridgehead atoms. The van der Waals surface area contributed by atoms with Crippen molar-refractivity contribution in [3.8, 4) is 28.8 Å². The van der Waals surface area contributed by atoms with E-state index in [9.17, 15) is 9.81 Å². The van der Waals surface area contributed by atoms with Crippen molar-refractivity contribution in [2.45, 2.75) is 44.3 Å². The van der Waals surface area contributed by atoms with E-state index in [0.29, 0.717) is 36.1 Å². The Morgan fingerprint density at radius 2 is 1.91 bits per heavy atom. The number of hydrogen-bond donors (Lipinski definition) is 1. The zero-order chi connectivity index (χ0) is 29.3. The second-order valence-corrected chi connectivity index (χ2v) is 13.5. The largest absolute Gasteiger partial charge is 0.492 e. The van der Waals surface area contributed by atoms with Crippen molar-refractivity contribution in [3.63, 3.8) is 0 Å². The van der Waals surface area contributed by atoms with Crippen LogP contribution in [0.2, 0.25) is 0 Å². The van der Waals surface area contributed by atoms with Gasteiger partial charge >= 0.3 is 0 Å². The first-order valence-electron chi connectivity index (χ1n) is 14.9. The SMILES string of the molecule is COc1ccc(CN2C3CC2CN(c2ccc(-c4cc(OCCC5CC[S+](O)CC5)cn5ncc(C#N)c45)cn2)C3)cn1. The number of piperazine rings is 1. The second-order valence-electron chi connectivity index (χ2n) is 11.7. The minimum atomic E-state index is -0.401. The quantitative estimate of drug-likeness (QED) is 0.280. The van der Waals surface area contributed by atoms with E-state index in [4.69, 9.17) is 14.5 Å². The molecule has 8 heterocycles. The van der Waals surface area contributed by atoms with Crippen molar-refractivity contribution < 1.29 is 14.0 Å². The highest BCUT2D eigenvalue weighted by molar-refractivity contribution is 7.91. The van der Waals surface area contributed by atoms with Crippen LogP contribution in [0.1, 0.15) is 36.8 Å². The highest BCUT2D eigenvalue weighted by Gasteiger charge is 2.44. The fourth-order valence-corrected chi connectivity index (χ4v) is 8.08. The van der Waals surface area contributed by atoms with E-state index >= 15 is 0 Å². The summed E-state index contributed by atoms with van der Waals surface area (Å²) in [7, 11) is 1.64. The molecule has 0 amide bonds. The summed E-state index contributed by atoms with van der Waals surface area (Å²) in [6, 6.07) is 13.5. The van der Waals surface area contributed by atoms with Gasteiger partial charge in [-0.2, -0.15) is 14.9 Å². The van der Waals surface area contributed by atoms with E-state index in [1.807, 2.05) is 30.7 Å². The number of piperidine rings is 1. The highest BCUT2D eigenvalue weighted by Crippen LogP contribution is 2.37. The smallest absolute Gasteiger partial charge is 0.212 e. The third-order valence-electron chi connectivity index (χ3n) is 9.12. The molecule has 4 aromatic rings. The Labute approximate surface area is 254 Å². The van der Waals surface area contributed by atoms with Crippen molar-refractivity contribution in [2.75, 3.05) is 43.2 Å². The maximum atomic E-state index is 9.82. The number of ether oxygens (including phenoxy) is 2. The fraction of sp³-hybridized carbons (Fsp3) is 0.438. The van der Waals surface area contributed by atoms with Crippen LogP contribution < -0.4 is 14.4 Å². The zero-order valence-corrected chi connectivity index (χ0v) is 25.1. The second kappa shape index (κ2) is 12.0. The highest BCUT2D eigenvalue weighted by atomic mass is 32.2. The average Bonchev–Trinajstić information content (AvgIpc) is 3.48. The topological polar surface area (TPSA) is 112 Å². The Morgan fingerprint density at radius 3 is 2.60 bits per heavy atom. The van der Waals surface area contributed by atoms with Crippen LogP contribution >= 0.6 is 0 Å². The average molecular weight is 599 g/mol. The van der Waals surface area contributed by atoms with E-state index < -0.39 is 11.2 Å². The molecule has 4 aromatic heterocycles. The Bertz CT molecular complexity index is 1600. The van der Waals surface area contributed by atoms with Gasteiger partial charge in [0.15, 0.2) is 0 Å². The molecular weight excluding hydrogens is 562 g/mol. The van der Waals surface area contributed by atoms with E-state index in [-0.39, 0.29) is 0 Å². The molecule has 11 heteroatoms. The van der Waals surface area contributed by atoms with Crippen molar-refractivity contribution >= 4 is 22.5 Å². The van der Waals surface area contributed by atoms with Crippen LogP contribution in [0.3, 0.4) is 0 Å². The zero-order valence-electron chi connectivity index (χ0n) is 24.3. The van der Waals surface area contributed by atoms with Gasteiger partial charge < -0.3 is 14.4 Å². The molecule has 10 nitrogen and oxygen atoms in total. The number of hydrogen-bond acceptors (Lipinski definition) is 9. The van der Waals surface area contributed by atoms with E-state index in [2.05, 4.69) is 44.2 Å². The molecule has 1 N–H and O–H groups in total. The number of aromatic nitrogens is 4. The number of rotatable bonds is 9. The molecule has 4 aliphatic heterocycles. The molecule has 8 rings (SSSR count). The molecule has 0 saturated carbocycles. The van der Waals surface area contributed by atoms with Crippen LogP contribution in [0, 0.1) is 17.2 Å². The standard InChI is InChI=1S/C32H36N7O3S/c1-41-31-5-2-23(15-35-31)18-38-26-12-27(38)20-37(19-26)30-4-3-24(16-34-30)29-13-28(21-39-32(29)25(14-33)17-36-39)42-9-6-22-7-10-43(40)11-8-22/h2-5,13,15-17,21-22,26-27,40H,6-12,18-20H2,1H3/q+1. The molecule has 222 valence electrons. The number of fused-ring (bicyclic) bond motifs is 3. The fourth-order valence-electron chi connectivity index (χ4n) is 6.66. The lowest BCUT2D eigenvalue weighted by molar-refractivity contribution is -0.00876. The molecule has 0 radical (unpaired) electrons. The monoisotopic (exact) mass is 598 g/mol.